The first kappa shape index (κ1) is 15.8. The average Bonchev–Trinajstić information content (AvgIpc) is 2.37. The van der Waals surface area contributed by atoms with Gasteiger partial charge in [0.25, 0.3) is 0 Å². The Morgan fingerprint density at radius 2 is 1.90 bits per heavy atom. The van der Waals surface area contributed by atoms with Crippen LogP contribution in [0.15, 0.2) is 24.3 Å². The molecule has 1 amide bonds. The van der Waals surface area contributed by atoms with Gasteiger partial charge in [-0.1, -0.05) is 12.1 Å². The highest BCUT2D eigenvalue weighted by molar-refractivity contribution is 5.79. The van der Waals surface area contributed by atoms with Crippen LogP contribution in [-0.4, -0.2) is 36.0 Å². The summed E-state index contributed by atoms with van der Waals surface area (Å²) < 4.78 is 37.4. The van der Waals surface area contributed by atoms with Gasteiger partial charge >= 0.3 is 6.18 Å². The Labute approximate surface area is 122 Å². The summed E-state index contributed by atoms with van der Waals surface area (Å²) >= 11 is 0. The molecule has 0 aliphatic carbocycles. The number of nitrogens with zero attached hydrogens (tertiary/aromatic N) is 1. The molecule has 0 unspecified atom stereocenters. The normalized spacial score (nSPS) is 18.6. The highest BCUT2D eigenvalue weighted by atomic mass is 19.4. The van der Waals surface area contributed by atoms with Crippen LogP contribution in [0.1, 0.15) is 25.0 Å². The Morgan fingerprint density at radius 3 is 2.43 bits per heavy atom. The molecular weight excluding hydrogens is 281 g/mol. The van der Waals surface area contributed by atoms with E-state index >= 15 is 0 Å². The fourth-order valence-electron chi connectivity index (χ4n) is 2.45. The van der Waals surface area contributed by atoms with E-state index in [2.05, 4.69) is 5.32 Å². The monoisotopic (exact) mass is 300 g/mol. The molecule has 116 valence electrons. The highest BCUT2D eigenvalue weighted by Crippen LogP contribution is 2.29. The molecule has 0 atom stereocenters. The second-order valence-electron chi connectivity index (χ2n) is 6.00. The second-order valence-corrected chi connectivity index (χ2v) is 6.00. The van der Waals surface area contributed by atoms with Crippen molar-refractivity contribution in [3.05, 3.63) is 35.4 Å². The molecule has 1 fully saturated rings. The van der Waals surface area contributed by atoms with Gasteiger partial charge in [-0.3, -0.25) is 4.79 Å². The van der Waals surface area contributed by atoms with Crippen LogP contribution in [0.5, 0.6) is 0 Å². The lowest BCUT2D eigenvalue weighted by molar-refractivity contribution is -0.137. The van der Waals surface area contributed by atoms with Crippen molar-refractivity contribution >= 4 is 5.91 Å². The molecule has 3 nitrogen and oxygen atoms in total. The minimum atomic E-state index is -4.34. The molecule has 1 aromatic carbocycles. The van der Waals surface area contributed by atoms with Gasteiger partial charge in [0.1, 0.15) is 0 Å². The van der Waals surface area contributed by atoms with E-state index in [0.29, 0.717) is 18.7 Å². The Kier molecular flexibility index (Phi) is 4.27. The SMILES string of the molecule is CC1(C)CN(C(=O)Cc2ccc(C(F)(F)F)cc2)CCN1. The van der Waals surface area contributed by atoms with Gasteiger partial charge in [-0.15, -0.1) is 0 Å². The number of piperazine rings is 1. The van der Waals surface area contributed by atoms with Crippen LogP contribution in [0.25, 0.3) is 0 Å². The van der Waals surface area contributed by atoms with Gasteiger partial charge in [0.15, 0.2) is 0 Å². The van der Waals surface area contributed by atoms with Gasteiger partial charge in [0, 0.05) is 25.2 Å². The van der Waals surface area contributed by atoms with Crippen molar-refractivity contribution in [2.24, 2.45) is 0 Å². The van der Waals surface area contributed by atoms with Crippen LogP contribution in [0, 0.1) is 0 Å². The van der Waals surface area contributed by atoms with Gasteiger partial charge < -0.3 is 10.2 Å². The van der Waals surface area contributed by atoms with E-state index in [1.54, 1.807) is 4.90 Å². The first-order chi connectivity index (χ1) is 9.67. The number of carbonyl (C=O) groups is 1. The fraction of sp³-hybridized carbons (Fsp3) is 0.533. The first-order valence-corrected chi connectivity index (χ1v) is 6.86. The summed E-state index contributed by atoms with van der Waals surface area (Å²) in [4.78, 5) is 14.0. The van der Waals surface area contributed by atoms with E-state index in [0.717, 1.165) is 18.7 Å². The van der Waals surface area contributed by atoms with Crippen LogP contribution in [0.2, 0.25) is 0 Å². The number of nitrogens with one attached hydrogen (secondary N) is 1. The molecule has 1 N–H and O–H groups in total. The van der Waals surface area contributed by atoms with Gasteiger partial charge in [0.2, 0.25) is 5.91 Å². The maximum atomic E-state index is 12.5. The number of halogens is 3. The van der Waals surface area contributed by atoms with Gasteiger partial charge in [-0.25, -0.2) is 0 Å². The number of hydrogen-bond acceptors (Lipinski definition) is 2. The van der Waals surface area contributed by atoms with Crippen LogP contribution in [0.4, 0.5) is 13.2 Å². The summed E-state index contributed by atoms with van der Waals surface area (Å²) in [5.74, 6) is -0.0515. The quantitative estimate of drug-likeness (QED) is 0.910. The Bertz CT molecular complexity index is 509. The Morgan fingerprint density at radius 1 is 1.29 bits per heavy atom. The number of amides is 1. The molecule has 1 aliphatic rings. The number of alkyl halides is 3. The Balaban J connectivity index is 2.00. The minimum Gasteiger partial charge on any atom is -0.339 e. The largest absolute Gasteiger partial charge is 0.416 e. The molecule has 21 heavy (non-hydrogen) atoms. The molecule has 0 saturated carbocycles. The predicted molar refractivity (Wildman–Crippen MR) is 73.8 cm³/mol. The lowest BCUT2D eigenvalue weighted by atomic mass is 10.0. The molecule has 1 aromatic rings. The molecule has 1 heterocycles. The van der Waals surface area contributed by atoms with Crippen molar-refractivity contribution in [3.63, 3.8) is 0 Å². The number of rotatable bonds is 2. The second kappa shape index (κ2) is 5.67. The molecule has 1 saturated heterocycles. The summed E-state index contributed by atoms with van der Waals surface area (Å²) in [6.07, 6.45) is -4.21. The summed E-state index contributed by atoms with van der Waals surface area (Å²) in [5.41, 5.74) is -0.222. The zero-order valence-electron chi connectivity index (χ0n) is 12.1. The van der Waals surface area contributed by atoms with Crippen molar-refractivity contribution in [3.8, 4) is 0 Å². The molecule has 0 aromatic heterocycles. The summed E-state index contributed by atoms with van der Waals surface area (Å²) in [5, 5.41) is 3.31. The molecule has 6 heteroatoms. The lowest BCUT2D eigenvalue weighted by Gasteiger charge is -2.39. The highest BCUT2D eigenvalue weighted by Gasteiger charge is 2.31. The van der Waals surface area contributed by atoms with Gasteiger partial charge in [-0.05, 0) is 31.5 Å². The van der Waals surface area contributed by atoms with E-state index in [-0.39, 0.29) is 17.9 Å². The Hall–Kier alpha value is -1.56. The first-order valence-electron chi connectivity index (χ1n) is 6.86. The molecule has 0 bridgehead atoms. The fourth-order valence-corrected chi connectivity index (χ4v) is 2.45. The van der Waals surface area contributed by atoms with Gasteiger partial charge in [0.05, 0.1) is 12.0 Å². The molecule has 0 radical (unpaired) electrons. The number of hydrogen-bond donors (Lipinski definition) is 1. The number of carbonyl (C=O) groups excluding carboxylic acids is 1. The number of benzene rings is 1. The average molecular weight is 300 g/mol. The molecule has 0 spiro atoms. The minimum absolute atomic E-state index is 0.0515. The van der Waals surface area contributed by atoms with Crippen LogP contribution in [0.3, 0.4) is 0 Å². The van der Waals surface area contributed by atoms with Crippen molar-refractivity contribution in [2.45, 2.75) is 32.0 Å². The molecule has 1 aliphatic heterocycles. The topological polar surface area (TPSA) is 32.3 Å². The zero-order valence-corrected chi connectivity index (χ0v) is 12.1. The predicted octanol–water partition coefficient (Wildman–Crippen LogP) is 2.46. The van der Waals surface area contributed by atoms with Crippen LogP contribution in [-0.2, 0) is 17.4 Å². The maximum Gasteiger partial charge on any atom is 0.416 e. The van der Waals surface area contributed by atoms with E-state index in [1.807, 2.05) is 13.8 Å². The van der Waals surface area contributed by atoms with Crippen LogP contribution < -0.4 is 5.32 Å². The third-order valence-corrected chi connectivity index (χ3v) is 3.56. The van der Waals surface area contributed by atoms with E-state index in [9.17, 15) is 18.0 Å². The van der Waals surface area contributed by atoms with Crippen molar-refractivity contribution in [1.29, 1.82) is 0 Å². The standard InChI is InChI=1S/C15H19F3N2O/c1-14(2)10-20(8-7-19-14)13(21)9-11-3-5-12(6-4-11)15(16,17)18/h3-6,19H,7-10H2,1-2H3. The zero-order chi connectivity index (χ0) is 15.7. The van der Waals surface area contributed by atoms with E-state index < -0.39 is 11.7 Å². The maximum absolute atomic E-state index is 12.5. The van der Waals surface area contributed by atoms with Crippen molar-refractivity contribution in [2.75, 3.05) is 19.6 Å². The van der Waals surface area contributed by atoms with Gasteiger partial charge in [-0.2, -0.15) is 13.2 Å². The van der Waals surface area contributed by atoms with Crippen LogP contribution >= 0.6 is 0 Å². The molecular formula is C15H19F3N2O. The smallest absolute Gasteiger partial charge is 0.339 e. The molecule has 2 rings (SSSR count). The third kappa shape index (κ3) is 4.20. The summed E-state index contributed by atoms with van der Waals surface area (Å²) in [7, 11) is 0. The van der Waals surface area contributed by atoms with E-state index in [4.69, 9.17) is 0 Å². The third-order valence-electron chi connectivity index (χ3n) is 3.56. The van der Waals surface area contributed by atoms with Crippen molar-refractivity contribution < 1.29 is 18.0 Å². The lowest BCUT2D eigenvalue weighted by Crippen LogP contribution is -2.58. The van der Waals surface area contributed by atoms with Crippen molar-refractivity contribution in [1.82, 2.24) is 10.2 Å². The summed E-state index contributed by atoms with van der Waals surface area (Å²) in [6, 6.07) is 4.77. The summed E-state index contributed by atoms with van der Waals surface area (Å²) in [6.45, 7) is 6.00. The van der Waals surface area contributed by atoms with E-state index in [1.165, 1.54) is 12.1 Å².